The molecule has 2 rings (SSSR count). The molecule has 1 saturated heterocycles. The Morgan fingerprint density at radius 2 is 1.56 bits per heavy atom. The number of aryl methyl sites for hydroxylation is 2. The summed E-state index contributed by atoms with van der Waals surface area (Å²) >= 11 is 0. The summed E-state index contributed by atoms with van der Waals surface area (Å²) in [7, 11) is -2.43. The number of sulfonamides is 1. The highest BCUT2D eigenvalue weighted by molar-refractivity contribution is 7.89. The Bertz CT molecular complexity index is 817. The number of hydrogen-bond acceptors (Lipinski definition) is 6. The number of piperazine rings is 1. The van der Waals surface area contributed by atoms with Crippen LogP contribution in [0.1, 0.15) is 22.3 Å². The highest BCUT2D eigenvalue weighted by Crippen LogP contribution is 2.29. The molecule has 0 aromatic heterocycles. The van der Waals surface area contributed by atoms with Crippen molar-refractivity contribution in [3.63, 3.8) is 0 Å². The molecule has 150 valence electrons. The third kappa shape index (κ3) is 4.66. The minimum absolute atomic E-state index is 0.0184. The summed E-state index contributed by atoms with van der Waals surface area (Å²) in [4.78, 5) is 25.0. The van der Waals surface area contributed by atoms with Crippen molar-refractivity contribution in [3.05, 3.63) is 28.3 Å². The SMILES string of the molecule is COC(=O)NC(=O)CN1CCN(S(=O)(=O)c2c(C)c(C)cc(C)c2C)CC1. The van der Waals surface area contributed by atoms with E-state index in [1.165, 1.54) is 11.4 Å². The topological polar surface area (TPSA) is 96.0 Å². The van der Waals surface area contributed by atoms with Gasteiger partial charge in [0.25, 0.3) is 0 Å². The molecule has 1 fully saturated rings. The lowest BCUT2D eigenvalue weighted by Gasteiger charge is -2.34. The van der Waals surface area contributed by atoms with Crippen molar-refractivity contribution in [2.45, 2.75) is 32.6 Å². The van der Waals surface area contributed by atoms with Gasteiger partial charge in [-0.05, 0) is 49.9 Å². The van der Waals surface area contributed by atoms with E-state index in [1.807, 2.05) is 38.7 Å². The zero-order valence-corrected chi connectivity index (χ0v) is 17.3. The van der Waals surface area contributed by atoms with Crippen LogP contribution in [0.15, 0.2) is 11.0 Å². The molecule has 0 unspecified atom stereocenters. The molecular formula is C18H27N3O5S. The largest absolute Gasteiger partial charge is 0.453 e. The number of nitrogens with zero attached hydrogens (tertiary/aromatic N) is 2. The van der Waals surface area contributed by atoms with E-state index in [0.717, 1.165) is 22.3 Å². The second-order valence-electron chi connectivity index (χ2n) is 6.81. The first kappa shape index (κ1) is 21.3. The van der Waals surface area contributed by atoms with Crippen molar-refractivity contribution in [1.82, 2.24) is 14.5 Å². The van der Waals surface area contributed by atoms with Crippen LogP contribution in [0.5, 0.6) is 0 Å². The quantitative estimate of drug-likeness (QED) is 0.818. The lowest BCUT2D eigenvalue weighted by molar-refractivity contribution is -0.121. The Morgan fingerprint density at radius 3 is 2.04 bits per heavy atom. The van der Waals surface area contributed by atoms with Crippen LogP contribution in [0, 0.1) is 27.7 Å². The van der Waals surface area contributed by atoms with Gasteiger partial charge in [-0.2, -0.15) is 4.31 Å². The molecule has 0 aliphatic carbocycles. The van der Waals surface area contributed by atoms with Gasteiger partial charge in [0.2, 0.25) is 15.9 Å². The van der Waals surface area contributed by atoms with Gasteiger partial charge >= 0.3 is 6.09 Å². The highest BCUT2D eigenvalue weighted by Gasteiger charge is 2.32. The number of hydrogen-bond donors (Lipinski definition) is 1. The summed E-state index contributed by atoms with van der Waals surface area (Å²) in [5.41, 5.74) is 3.46. The molecule has 0 spiro atoms. The molecule has 8 nitrogen and oxygen atoms in total. The predicted molar refractivity (Wildman–Crippen MR) is 101 cm³/mol. The van der Waals surface area contributed by atoms with Crippen LogP contribution in [-0.2, 0) is 19.6 Å². The number of benzene rings is 1. The molecule has 1 aliphatic heterocycles. The molecule has 27 heavy (non-hydrogen) atoms. The summed E-state index contributed by atoms with van der Waals surface area (Å²) in [5.74, 6) is -0.473. The number of alkyl carbamates (subject to hydrolysis) is 1. The fourth-order valence-corrected chi connectivity index (χ4v) is 5.23. The molecule has 1 aliphatic rings. The van der Waals surface area contributed by atoms with Crippen molar-refractivity contribution in [2.24, 2.45) is 0 Å². The minimum Gasteiger partial charge on any atom is -0.453 e. The van der Waals surface area contributed by atoms with E-state index in [0.29, 0.717) is 31.1 Å². The minimum atomic E-state index is -3.61. The molecule has 1 N–H and O–H groups in total. The van der Waals surface area contributed by atoms with Crippen molar-refractivity contribution < 1.29 is 22.7 Å². The van der Waals surface area contributed by atoms with Gasteiger partial charge in [0, 0.05) is 26.2 Å². The molecule has 1 aromatic rings. The van der Waals surface area contributed by atoms with E-state index in [1.54, 1.807) is 0 Å². The Balaban J connectivity index is 2.10. The van der Waals surface area contributed by atoms with Gasteiger partial charge in [-0.1, -0.05) is 6.07 Å². The Hall–Kier alpha value is -1.97. The Morgan fingerprint density at radius 1 is 1.04 bits per heavy atom. The molecule has 2 amide bonds. The van der Waals surface area contributed by atoms with E-state index >= 15 is 0 Å². The van der Waals surface area contributed by atoms with E-state index in [9.17, 15) is 18.0 Å². The van der Waals surface area contributed by atoms with Crippen molar-refractivity contribution in [2.75, 3.05) is 39.8 Å². The summed E-state index contributed by atoms with van der Waals surface area (Å²) in [6.07, 6.45) is -0.804. The van der Waals surface area contributed by atoms with Gasteiger partial charge in [0.1, 0.15) is 0 Å². The van der Waals surface area contributed by atoms with Gasteiger partial charge in [-0.15, -0.1) is 0 Å². The molecule has 1 heterocycles. The van der Waals surface area contributed by atoms with Crippen molar-refractivity contribution >= 4 is 22.0 Å². The number of amides is 2. The first-order chi connectivity index (χ1) is 12.6. The van der Waals surface area contributed by atoms with Crippen LogP contribution in [0.3, 0.4) is 0 Å². The molecule has 0 saturated carbocycles. The summed E-state index contributed by atoms with van der Waals surface area (Å²) in [6.45, 7) is 8.93. The van der Waals surface area contributed by atoms with Gasteiger partial charge in [-0.25, -0.2) is 13.2 Å². The van der Waals surface area contributed by atoms with Crippen LogP contribution in [0.2, 0.25) is 0 Å². The van der Waals surface area contributed by atoms with E-state index in [4.69, 9.17) is 0 Å². The van der Waals surface area contributed by atoms with Crippen LogP contribution in [0.4, 0.5) is 4.79 Å². The Kier molecular flexibility index (Phi) is 6.61. The molecule has 0 bridgehead atoms. The van der Waals surface area contributed by atoms with Crippen molar-refractivity contribution in [1.29, 1.82) is 0 Å². The molecular weight excluding hydrogens is 370 g/mol. The summed E-state index contributed by atoms with van der Waals surface area (Å²) < 4.78 is 32.3. The number of carbonyl (C=O) groups is 2. The normalized spacial score (nSPS) is 16.2. The van der Waals surface area contributed by atoms with Gasteiger partial charge in [0.05, 0.1) is 18.6 Å². The number of imide groups is 1. The number of rotatable bonds is 4. The first-order valence-electron chi connectivity index (χ1n) is 8.75. The molecule has 9 heteroatoms. The highest BCUT2D eigenvalue weighted by atomic mass is 32.2. The third-order valence-electron chi connectivity index (χ3n) is 5.02. The standard InChI is InChI=1S/C18H27N3O5S/c1-12-10-13(2)15(4)17(14(12)3)27(24,25)21-8-6-20(7-9-21)11-16(22)19-18(23)26-5/h10H,6-9,11H2,1-5H3,(H,19,22,23). The fourth-order valence-electron chi connectivity index (χ4n) is 3.23. The van der Waals surface area contributed by atoms with Crippen LogP contribution in [0.25, 0.3) is 0 Å². The lowest BCUT2D eigenvalue weighted by Crippen LogP contribution is -2.51. The third-order valence-corrected chi connectivity index (χ3v) is 7.19. The van der Waals surface area contributed by atoms with Crippen molar-refractivity contribution in [3.8, 4) is 0 Å². The predicted octanol–water partition coefficient (Wildman–Crippen LogP) is 1.11. The lowest BCUT2D eigenvalue weighted by atomic mass is 10.0. The first-order valence-corrected chi connectivity index (χ1v) is 10.2. The maximum Gasteiger partial charge on any atom is 0.413 e. The second kappa shape index (κ2) is 8.37. The van der Waals surface area contributed by atoms with Crippen LogP contribution < -0.4 is 5.32 Å². The van der Waals surface area contributed by atoms with Gasteiger partial charge < -0.3 is 4.74 Å². The van der Waals surface area contributed by atoms with E-state index < -0.39 is 22.0 Å². The smallest absolute Gasteiger partial charge is 0.413 e. The van der Waals surface area contributed by atoms with E-state index in [2.05, 4.69) is 10.1 Å². The zero-order chi connectivity index (χ0) is 20.4. The maximum absolute atomic E-state index is 13.2. The number of ether oxygens (including phenoxy) is 1. The number of carbonyl (C=O) groups excluding carboxylic acids is 2. The average molecular weight is 397 g/mol. The van der Waals surface area contributed by atoms with E-state index in [-0.39, 0.29) is 6.54 Å². The fraction of sp³-hybridized carbons (Fsp3) is 0.556. The Labute approximate surface area is 160 Å². The average Bonchev–Trinajstić information content (AvgIpc) is 2.60. The van der Waals surface area contributed by atoms with Crippen LogP contribution >= 0.6 is 0 Å². The maximum atomic E-state index is 13.2. The number of nitrogens with one attached hydrogen (secondary N) is 1. The van der Waals surface area contributed by atoms with Gasteiger partial charge in [-0.3, -0.25) is 15.0 Å². The zero-order valence-electron chi connectivity index (χ0n) is 16.5. The molecule has 1 aromatic carbocycles. The summed E-state index contributed by atoms with van der Waals surface area (Å²) in [5, 5.41) is 2.10. The number of methoxy groups -OCH3 is 1. The van der Waals surface area contributed by atoms with Gasteiger partial charge in [0.15, 0.2) is 0 Å². The summed E-state index contributed by atoms with van der Waals surface area (Å²) in [6, 6.07) is 2.00. The second-order valence-corrected chi connectivity index (χ2v) is 8.68. The molecule has 0 atom stereocenters. The monoisotopic (exact) mass is 397 g/mol. The molecule has 0 radical (unpaired) electrons. The van der Waals surface area contributed by atoms with Crippen LogP contribution in [-0.4, -0.2) is 69.5 Å².